The maximum absolute atomic E-state index is 12.2. The second-order valence-corrected chi connectivity index (χ2v) is 6.40. The first kappa shape index (κ1) is 13.8. The molecule has 1 aromatic heterocycles. The highest BCUT2D eigenvalue weighted by Gasteiger charge is 2.19. The van der Waals surface area contributed by atoms with Crippen LogP contribution in [0.3, 0.4) is 0 Å². The molecule has 0 bridgehead atoms. The van der Waals surface area contributed by atoms with Gasteiger partial charge in [-0.15, -0.1) is 0 Å². The summed E-state index contributed by atoms with van der Waals surface area (Å²) in [4.78, 5) is 0.251. The lowest BCUT2D eigenvalue weighted by Gasteiger charge is -2.05. The number of hydrogen-bond donors (Lipinski definition) is 0. The summed E-state index contributed by atoms with van der Waals surface area (Å²) in [6, 6.07) is 6.30. The zero-order chi connectivity index (χ0) is 13.9. The summed E-state index contributed by atoms with van der Waals surface area (Å²) in [5.41, 5.74) is 0.573. The monoisotopic (exact) mass is 299 g/mol. The average molecular weight is 299 g/mol. The van der Waals surface area contributed by atoms with Crippen LogP contribution in [0.25, 0.3) is 0 Å². The highest BCUT2D eigenvalue weighted by Crippen LogP contribution is 2.25. The van der Waals surface area contributed by atoms with E-state index in [-0.39, 0.29) is 10.6 Å². The largest absolute Gasteiger partial charge is 0.497 e. The van der Waals surface area contributed by atoms with Gasteiger partial charge in [-0.05, 0) is 35.8 Å². The second kappa shape index (κ2) is 5.58. The first-order chi connectivity index (χ1) is 9.06. The van der Waals surface area contributed by atoms with E-state index in [4.69, 9.17) is 9.47 Å². The Morgan fingerprint density at radius 3 is 2.42 bits per heavy atom. The fraction of sp³-hybridized carbons (Fsp3) is 0.250. The number of methoxy groups -OCH3 is 2. The first-order valence-electron chi connectivity index (χ1n) is 5.41. The van der Waals surface area contributed by atoms with E-state index >= 15 is 0 Å². The van der Waals surface area contributed by atoms with Crippen molar-refractivity contribution in [2.24, 2.45) is 0 Å². The zero-order valence-corrected chi connectivity index (χ0v) is 12.1. The zero-order valence-electron chi connectivity index (χ0n) is 10.5. The van der Waals surface area contributed by atoms with Crippen LogP contribution >= 0.6 is 11.5 Å². The molecule has 0 radical (unpaired) electrons. The minimum atomic E-state index is -3.41. The van der Waals surface area contributed by atoms with Crippen molar-refractivity contribution in [2.75, 3.05) is 14.2 Å². The van der Waals surface area contributed by atoms with Gasteiger partial charge in [0.2, 0.25) is 5.88 Å². The van der Waals surface area contributed by atoms with Crippen molar-refractivity contribution in [3.8, 4) is 11.6 Å². The van der Waals surface area contributed by atoms with Crippen molar-refractivity contribution in [3.05, 3.63) is 35.2 Å². The van der Waals surface area contributed by atoms with Gasteiger partial charge in [0.05, 0.1) is 24.9 Å². The van der Waals surface area contributed by atoms with Crippen LogP contribution in [0.15, 0.2) is 34.5 Å². The van der Waals surface area contributed by atoms with Gasteiger partial charge >= 0.3 is 0 Å². The van der Waals surface area contributed by atoms with Gasteiger partial charge in [0.15, 0.2) is 9.84 Å². The lowest BCUT2D eigenvalue weighted by Crippen LogP contribution is -2.05. The lowest BCUT2D eigenvalue weighted by molar-refractivity contribution is 0.399. The fourth-order valence-electron chi connectivity index (χ4n) is 1.58. The Bertz CT molecular complexity index is 647. The summed E-state index contributed by atoms with van der Waals surface area (Å²) in [6.07, 6.45) is 0. The number of hydrogen-bond acceptors (Lipinski definition) is 6. The number of sulfone groups is 1. The highest BCUT2D eigenvalue weighted by molar-refractivity contribution is 7.90. The van der Waals surface area contributed by atoms with Crippen LogP contribution in [0.2, 0.25) is 0 Å². The SMILES string of the molecule is COc1ccc(S(=O)(=O)Cc2csnc2OC)cc1. The Balaban J connectivity index is 2.27. The molecule has 7 heteroatoms. The Kier molecular flexibility index (Phi) is 4.06. The summed E-state index contributed by atoms with van der Waals surface area (Å²) >= 11 is 1.17. The molecular weight excluding hydrogens is 286 g/mol. The predicted molar refractivity (Wildman–Crippen MR) is 72.5 cm³/mol. The number of nitrogens with zero attached hydrogens (tertiary/aromatic N) is 1. The molecule has 0 aliphatic heterocycles. The van der Waals surface area contributed by atoms with Gasteiger partial charge in [0.25, 0.3) is 0 Å². The fourth-order valence-corrected chi connectivity index (χ4v) is 3.67. The lowest BCUT2D eigenvalue weighted by atomic mass is 10.3. The third-order valence-electron chi connectivity index (χ3n) is 2.56. The van der Waals surface area contributed by atoms with Crippen LogP contribution in [0, 0.1) is 0 Å². The minimum Gasteiger partial charge on any atom is -0.497 e. The molecule has 0 N–H and O–H groups in total. The summed E-state index contributed by atoms with van der Waals surface area (Å²) in [5.74, 6) is 0.856. The standard InChI is InChI=1S/C12H13NO4S2/c1-16-10-3-5-11(6-4-10)19(14,15)8-9-7-18-13-12(9)17-2/h3-7H,8H2,1-2H3. The summed E-state index contributed by atoms with van der Waals surface area (Å²) in [5, 5.41) is 1.68. The molecule has 102 valence electrons. The topological polar surface area (TPSA) is 65.5 Å². The van der Waals surface area contributed by atoms with Crippen molar-refractivity contribution in [3.63, 3.8) is 0 Å². The molecule has 0 spiro atoms. The molecule has 0 unspecified atom stereocenters. The Morgan fingerprint density at radius 2 is 1.84 bits per heavy atom. The van der Waals surface area contributed by atoms with Crippen LogP contribution < -0.4 is 9.47 Å². The number of benzene rings is 1. The van der Waals surface area contributed by atoms with E-state index < -0.39 is 9.84 Å². The van der Waals surface area contributed by atoms with E-state index in [1.165, 1.54) is 37.9 Å². The normalized spacial score (nSPS) is 11.3. The van der Waals surface area contributed by atoms with E-state index in [2.05, 4.69) is 4.37 Å². The van der Waals surface area contributed by atoms with Gasteiger partial charge in [0.1, 0.15) is 5.75 Å². The number of ether oxygens (including phenoxy) is 2. The summed E-state index contributed by atoms with van der Waals surface area (Å²) in [6.45, 7) is 0. The van der Waals surface area contributed by atoms with Crippen LogP contribution in [0.5, 0.6) is 11.6 Å². The molecule has 2 rings (SSSR count). The van der Waals surface area contributed by atoms with Crippen molar-refractivity contribution in [2.45, 2.75) is 10.6 Å². The van der Waals surface area contributed by atoms with E-state index in [0.29, 0.717) is 17.2 Å². The highest BCUT2D eigenvalue weighted by atomic mass is 32.2. The molecular formula is C12H13NO4S2. The van der Waals surface area contributed by atoms with Gasteiger partial charge in [0, 0.05) is 10.9 Å². The molecule has 0 saturated carbocycles. The van der Waals surface area contributed by atoms with Crippen molar-refractivity contribution >= 4 is 21.4 Å². The molecule has 1 heterocycles. The van der Waals surface area contributed by atoms with Gasteiger partial charge in [-0.25, -0.2) is 8.42 Å². The first-order valence-corrected chi connectivity index (χ1v) is 7.90. The van der Waals surface area contributed by atoms with Crippen LogP contribution in [0.1, 0.15) is 5.56 Å². The second-order valence-electron chi connectivity index (χ2n) is 3.78. The molecule has 0 atom stereocenters. The smallest absolute Gasteiger partial charge is 0.229 e. The van der Waals surface area contributed by atoms with Gasteiger partial charge in [-0.2, -0.15) is 4.37 Å². The number of aromatic nitrogens is 1. The molecule has 0 fully saturated rings. The van der Waals surface area contributed by atoms with E-state index in [1.807, 2.05) is 0 Å². The van der Waals surface area contributed by atoms with Gasteiger partial charge < -0.3 is 9.47 Å². The maximum atomic E-state index is 12.2. The summed E-state index contributed by atoms with van der Waals surface area (Å²) < 4.78 is 38.5. The van der Waals surface area contributed by atoms with Gasteiger partial charge in [-0.3, -0.25) is 0 Å². The maximum Gasteiger partial charge on any atom is 0.229 e. The molecule has 2 aromatic rings. The van der Waals surface area contributed by atoms with Crippen molar-refractivity contribution < 1.29 is 17.9 Å². The quantitative estimate of drug-likeness (QED) is 0.846. The molecule has 5 nitrogen and oxygen atoms in total. The van der Waals surface area contributed by atoms with E-state index in [9.17, 15) is 8.42 Å². The Labute approximate surface area is 115 Å². The Morgan fingerprint density at radius 1 is 1.16 bits per heavy atom. The molecule has 0 amide bonds. The number of rotatable bonds is 5. The van der Waals surface area contributed by atoms with Crippen LogP contribution in [-0.4, -0.2) is 27.0 Å². The van der Waals surface area contributed by atoms with Crippen LogP contribution in [-0.2, 0) is 15.6 Å². The van der Waals surface area contributed by atoms with Crippen molar-refractivity contribution in [1.82, 2.24) is 4.37 Å². The molecule has 1 aromatic carbocycles. The molecule has 0 aliphatic carbocycles. The third-order valence-corrected chi connectivity index (χ3v) is 4.91. The molecule has 0 aliphatic rings. The van der Waals surface area contributed by atoms with Crippen molar-refractivity contribution in [1.29, 1.82) is 0 Å². The van der Waals surface area contributed by atoms with Gasteiger partial charge in [-0.1, -0.05) is 0 Å². The van der Waals surface area contributed by atoms with E-state index in [1.54, 1.807) is 17.5 Å². The third kappa shape index (κ3) is 3.05. The summed E-state index contributed by atoms with van der Waals surface area (Å²) in [7, 11) is -0.406. The Hall–Kier alpha value is -1.60. The average Bonchev–Trinajstić information content (AvgIpc) is 2.85. The van der Waals surface area contributed by atoms with E-state index in [0.717, 1.165) is 0 Å². The molecule has 0 saturated heterocycles. The minimum absolute atomic E-state index is 0.126. The van der Waals surface area contributed by atoms with Crippen LogP contribution in [0.4, 0.5) is 0 Å². The predicted octanol–water partition coefficient (Wildman–Crippen LogP) is 2.13. The molecule has 19 heavy (non-hydrogen) atoms.